The predicted octanol–water partition coefficient (Wildman–Crippen LogP) is 5.01. The summed E-state index contributed by atoms with van der Waals surface area (Å²) >= 11 is 6.51. The van der Waals surface area contributed by atoms with E-state index in [1.165, 1.54) is 0 Å². The molecule has 2 heterocycles. The minimum atomic E-state index is -1.13. The standard InChI is InChI=1S/C25H28ClNO5/c1-25(2,3)20-10-9-14-11-15(26)12-17-22(14)27(20)24(30)19(13-21(28)29)32-23(17)16-7-5-6-8-18(16)31-4/h5-8,11-12,19-20,23H,9-10,13H2,1-4H3,(H,28,29)/t19-,20+,23-/m1/s1. The van der Waals surface area contributed by atoms with Crippen LogP contribution in [0.15, 0.2) is 36.4 Å². The maximum absolute atomic E-state index is 13.8. The molecule has 0 saturated carbocycles. The van der Waals surface area contributed by atoms with E-state index < -0.39 is 24.6 Å². The fourth-order valence-corrected chi connectivity index (χ4v) is 5.14. The predicted molar refractivity (Wildman–Crippen MR) is 122 cm³/mol. The van der Waals surface area contributed by atoms with Crippen LogP contribution in [0.2, 0.25) is 5.02 Å². The van der Waals surface area contributed by atoms with Gasteiger partial charge in [-0.2, -0.15) is 0 Å². The van der Waals surface area contributed by atoms with Crippen LogP contribution < -0.4 is 9.64 Å². The summed E-state index contributed by atoms with van der Waals surface area (Å²) in [5.74, 6) is -0.811. The highest BCUT2D eigenvalue weighted by Crippen LogP contribution is 2.49. The lowest BCUT2D eigenvalue weighted by molar-refractivity contribution is -0.147. The Morgan fingerprint density at radius 1 is 1.25 bits per heavy atom. The van der Waals surface area contributed by atoms with E-state index in [9.17, 15) is 14.7 Å². The first-order chi connectivity index (χ1) is 15.1. The lowest BCUT2D eigenvalue weighted by Crippen LogP contribution is -2.53. The van der Waals surface area contributed by atoms with Crippen molar-refractivity contribution in [2.45, 2.75) is 58.3 Å². The van der Waals surface area contributed by atoms with Gasteiger partial charge in [-0.3, -0.25) is 9.59 Å². The molecule has 32 heavy (non-hydrogen) atoms. The zero-order valence-electron chi connectivity index (χ0n) is 18.7. The Kier molecular flexibility index (Phi) is 5.94. The van der Waals surface area contributed by atoms with Crippen LogP contribution >= 0.6 is 11.6 Å². The first-order valence-corrected chi connectivity index (χ1v) is 11.1. The van der Waals surface area contributed by atoms with Crippen molar-refractivity contribution in [3.8, 4) is 5.75 Å². The number of carbonyl (C=O) groups excluding carboxylic acids is 1. The molecule has 0 fully saturated rings. The van der Waals surface area contributed by atoms with Crippen molar-refractivity contribution in [3.63, 3.8) is 0 Å². The summed E-state index contributed by atoms with van der Waals surface area (Å²) in [6.07, 6.45) is -0.715. The lowest BCUT2D eigenvalue weighted by atomic mass is 9.78. The number of aryl methyl sites for hydroxylation is 1. The van der Waals surface area contributed by atoms with E-state index in [1.807, 2.05) is 36.4 Å². The van der Waals surface area contributed by atoms with Gasteiger partial charge in [0.2, 0.25) is 0 Å². The van der Waals surface area contributed by atoms with Gasteiger partial charge in [0.25, 0.3) is 5.91 Å². The van der Waals surface area contributed by atoms with Crippen LogP contribution in [0.3, 0.4) is 0 Å². The van der Waals surface area contributed by atoms with Crippen molar-refractivity contribution in [1.82, 2.24) is 0 Å². The van der Waals surface area contributed by atoms with Crippen LogP contribution in [0, 0.1) is 5.41 Å². The van der Waals surface area contributed by atoms with Crippen LogP contribution in [0.25, 0.3) is 0 Å². The number of rotatable bonds is 4. The number of hydrogen-bond acceptors (Lipinski definition) is 4. The quantitative estimate of drug-likeness (QED) is 0.698. The normalized spacial score (nSPS) is 22.8. The van der Waals surface area contributed by atoms with E-state index in [4.69, 9.17) is 21.1 Å². The molecular weight excluding hydrogens is 430 g/mol. The Bertz CT molecular complexity index is 1060. The Labute approximate surface area is 193 Å². The highest BCUT2D eigenvalue weighted by molar-refractivity contribution is 6.31. The molecule has 2 aromatic rings. The van der Waals surface area contributed by atoms with Gasteiger partial charge in [-0.25, -0.2) is 0 Å². The van der Waals surface area contributed by atoms with Gasteiger partial charge in [-0.15, -0.1) is 0 Å². The van der Waals surface area contributed by atoms with E-state index in [0.29, 0.717) is 10.8 Å². The smallest absolute Gasteiger partial charge is 0.306 e. The highest BCUT2D eigenvalue weighted by Gasteiger charge is 2.46. The zero-order valence-corrected chi connectivity index (χ0v) is 19.5. The average molecular weight is 458 g/mol. The molecule has 0 bridgehead atoms. The van der Waals surface area contributed by atoms with E-state index in [0.717, 1.165) is 35.2 Å². The number of para-hydroxylation sites is 1. The fourth-order valence-electron chi connectivity index (χ4n) is 4.89. The summed E-state index contributed by atoms with van der Waals surface area (Å²) in [6, 6.07) is 11.0. The van der Waals surface area contributed by atoms with Crippen molar-refractivity contribution >= 4 is 29.2 Å². The van der Waals surface area contributed by atoms with Gasteiger partial charge in [0, 0.05) is 22.2 Å². The molecule has 0 radical (unpaired) electrons. The maximum Gasteiger partial charge on any atom is 0.306 e. The first-order valence-electron chi connectivity index (χ1n) is 10.8. The number of carboxylic acid groups (broad SMARTS) is 1. The number of methoxy groups -OCH3 is 1. The number of halogens is 1. The number of aliphatic carboxylic acids is 1. The first kappa shape index (κ1) is 22.6. The van der Waals surface area contributed by atoms with E-state index >= 15 is 0 Å². The monoisotopic (exact) mass is 457 g/mol. The minimum Gasteiger partial charge on any atom is -0.496 e. The van der Waals surface area contributed by atoms with Crippen molar-refractivity contribution in [3.05, 3.63) is 58.1 Å². The molecule has 0 saturated heterocycles. The van der Waals surface area contributed by atoms with E-state index in [1.54, 1.807) is 12.0 Å². The Morgan fingerprint density at radius 3 is 2.62 bits per heavy atom. The zero-order chi connectivity index (χ0) is 23.2. The Morgan fingerprint density at radius 2 is 1.97 bits per heavy atom. The number of ether oxygens (including phenoxy) is 2. The number of anilines is 1. The third kappa shape index (κ3) is 3.97. The Balaban J connectivity index is 1.99. The molecule has 0 aliphatic carbocycles. The molecule has 7 heteroatoms. The minimum absolute atomic E-state index is 0.0984. The number of nitrogens with zero attached hydrogens (tertiary/aromatic N) is 1. The molecule has 4 rings (SSSR count). The van der Waals surface area contributed by atoms with Crippen LogP contribution in [-0.2, 0) is 20.7 Å². The van der Waals surface area contributed by atoms with Crippen molar-refractivity contribution < 1.29 is 24.2 Å². The number of carboxylic acids is 1. The largest absolute Gasteiger partial charge is 0.496 e. The maximum atomic E-state index is 13.8. The summed E-state index contributed by atoms with van der Waals surface area (Å²) in [4.78, 5) is 27.3. The molecule has 3 atom stereocenters. The average Bonchev–Trinajstić information content (AvgIpc) is 2.84. The van der Waals surface area contributed by atoms with Gasteiger partial charge in [-0.1, -0.05) is 50.6 Å². The second-order valence-corrected chi connectivity index (χ2v) is 9.91. The lowest BCUT2D eigenvalue weighted by Gasteiger charge is -2.45. The number of hydrogen-bond donors (Lipinski definition) is 1. The van der Waals surface area contributed by atoms with Crippen molar-refractivity contribution in [1.29, 1.82) is 0 Å². The summed E-state index contributed by atoms with van der Waals surface area (Å²) in [5, 5.41) is 10.1. The third-order valence-corrected chi connectivity index (χ3v) is 6.52. The number of benzene rings is 2. The molecule has 1 N–H and O–H groups in total. The van der Waals surface area contributed by atoms with Gasteiger partial charge in [-0.05, 0) is 42.0 Å². The second-order valence-electron chi connectivity index (χ2n) is 9.48. The number of carbonyl (C=O) groups is 2. The topological polar surface area (TPSA) is 76.1 Å². The summed E-state index contributed by atoms with van der Waals surface area (Å²) in [5.41, 5.74) is 3.03. The molecule has 0 spiro atoms. The van der Waals surface area contributed by atoms with Crippen molar-refractivity contribution in [2.24, 2.45) is 5.41 Å². The molecule has 1 amide bonds. The molecule has 0 aromatic heterocycles. The summed E-state index contributed by atoms with van der Waals surface area (Å²) in [7, 11) is 1.57. The molecule has 0 unspecified atom stereocenters. The molecule has 170 valence electrons. The van der Waals surface area contributed by atoms with Gasteiger partial charge in [0.05, 0.1) is 19.2 Å². The van der Waals surface area contributed by atoms with Gasteiger partial charge in [0.1, 0.15) is 18.0 Å². The Hall–Kier alpha value is -2.57. The number of amides is 1. The van der Waals surface area contributed by atoms with E-state index in [2.05, 4.69) is 20.8 Å². The van der Waals surface area contributed by atoms with Gasteiger partial charge in [0.15, 0.2) is 0 Å². The molecule has 6 nitrogen and oxygen atoms in total. The fraction of sp³-hybridized carbons (Fsp3) is 0.440. The van der Waals surface area contributed by atoms with E-state index in [-0.39, 0.29) is 17.4 Å². The van der Waals surface area contributed by atoms with Crippen LogP contribution in [0.1, 0.15) is 56.4 Å². The molecule has 2 aromatic carbocycles. The highest BCUT2D eigenvalue weighted by atomic mass is 35.5. The van der Waals surface area contributed by atoms with Crippen LogP contribution in [0.5, 0.6) is 5.75 Å². The molecular formula is C25H28ClNO5. The second kappa shape index (κ2) is 8.41. The van der Waals surface area contributed by atoms with Crippen molar-refractivity contribution in [2.75, 3.05) is 12.0 Å². The SMILES string of the molecule is COc1ccccc1[C@H]1O[C@H](CC(=O)O)C(=O)N2c3c(cc(Cl)cc31)CC[C@H]2C(C)(C)C. The third-order valence-electron chi connectivity index (χ3n) is 6.30. The van der Waals surface area contributed by atoms with Gasteiger partial charge >= 0.3 is 5.97 Å². The summed E-state index contributed by atoms with van der Waals surface area (Å²) < 4.78 is 11.9. The van der Waals surface area contributed by atoms with Crippen LogP contribution in [0.4, 0.5) is 5.69 Å². The molecule has 2 aliphatic heterocycles. The van der Waals surface area contributed by atoms with Crippen LogP contribution in [-0.4, -0.2) is 36.2 Å². The summed E-state index contributed by atoms with van der Waals surface area (Å²) in [6.45, 7) is 6.30. The van der Waals surface area contributed by atoms with Gasteiger partial charge < -0.3 is 19.5 Å². The molecule has 2 aliphatic rings.